The minimum atomic E-state index is -3.63. The number of sulfonamides is 1. The lowest BCUT2D eigenvalue weighted by atomic mass is 10.4. The van der Waals surface area contributed by atoms with Crippen molar-refractivity contribution in [3.63, 3.8) is 0 Å². The van der Waals surface area contributed by atoms with Gasteiger partial charge in [0.05, 0.1) is 15.8 Å². The van der Waals surface area contributed by atoms with Crippen molar-refractivity contribution < 1.29 is 8.42 Å². The summed E-state index contributed by atoms with van der Waals surface area (Å²) >= 11 is 8.21. The van der Waals surface area contributed by atoms with Crippen LogP contribution in [0.25, 0.3) is 10.7 Å². The number of halogens is 1. The van der Waals surface area contributed by atoms with Gasteiger partial charge in [0.1, 0.15) is 4.21 Å². The number of aromatic nitrogens is 3. The summed E-state index contributed by atoms with van der Waals surface area (Å²) in [6, 6.07) is 6.72. The van der Waals surface area contributed by atoms with Gasteiger partial charge in [0.25, 0.3) is 0 Å². The predicted octanol–water partition coefficient (Wildman–Crippen LogP) is 2.00. The molecule has 1 N–H and O–H groups in total. The Bertz CT molecular complexity index is 1000. The Balaban J connectivity index is 1.72. The van der Waals surface area contributed by atoms with Gasteiger partial charge in [-0.2, -0.15) is 0 Å². The maximum Gasteiger partial charge on any atom is 0.345 e. The zero-order valence-electron chi connectivity index (χ0n) is 12.5. The predicted molar refractivity (Wildman–Crippen MR) is 95.3 cm³/mol. The lowest BCUT2D eigenvalue weighted by molar-refractivity contribution is 0.552. The molecule has 0 spiro atoms. The van der Waals surface area contributed by atoms with E-state index in [1.165, 1.54) is 32.7 Å². The van der Waals surface area contributed by atoms with Crippen molar-refractivity contribution >= 4 is 44.3 Å². The highest BCUT2D eigenvalue weighted by atomic mass is 35.5. The van der Waals surface area contributed by atoms with Gasteiger partial charge in [0.15, 0.2) is 5.82 Å². The Morgan fingerprint density at radius 1 is 1.33 bits per heavy atom. The van der Waals surface area contributed by atoms with Crippen LogP contribution in [0.3, 0.4) is 0 Å². The number of nitrogens with zero attached hydrogens (tertiary/aromatic N) is 3. The van der Waals surface area contributed by atoms with Crippen LogP contribution in [0, 0.1) is 0 Å². The van der Waals surface area contributed by atoms with E-state index in [0.29, 0.717) is 10.2 Å². The van der Waals surface area contributed by atoms with E-state index in [1.807, 2.05) is 17.5 Å². The fraction of sp³-hybridized carbons (Fsp3) is 0.231. The summed E-state index contributed by atoms with van der Waals surface area (Å²) < 4.78 is 29.9. The molecular formula is C13H13ClN4O3S3. The molecule has 0 bridgehead atoms. The molecule has 3 rings (SSSR count). The largest absolute Gasteiger partial charge is 0.345 e. The van der Waals surface area contributed by atoms with Crippen LogP contribution in [-0.2, 0) is 23.6 Å². The van der Waals surface area contributed by atoms with E-state index in [1.54, 1.807) is 7.05 Å². The molecule has 0 aliphatic heterocycles. The monoisotopic (exact) mass is 404 g/mol. The van der Waals surface area contributed by atoms with Crippen LogP contribution >= 0.6 is 34.3 Å². The van der Waals surface area contributed by atoms with Gasteiger partial charge in [-0.15, -0.1) is 27.8 Å². The average Bonchev–Trinajstić information content (AvgIpc) is 3.24. The van der Waals surface area contributed by atoms with E-state index in [0.717, 1.165) is 16.2 Å². The van der Waals surface area contributed by atoms with Crippen LogP contribution in [0.1, 0.15) is 0 Å². The Labute approximate surface area is 151 Å². The number of hydrogen-bond donors (Lipinski definition) is 1. The van der Waals surface area contributed by atoms with Crippen LogP contribution in [0.2, 0.25) is 4.34 Å². The number of thiophene rings is 2. The zero-order valence-corrected chi connectivity index (χ0v) is 15.7. The van der Waals surface area contributed by atoms with Crippen molar-refractivity contribution in [2.24, 2.45) is 7.05 Å². The highest BCUT2D eigenvalue weighted by Crippen LogP contribution is 2.25. The van der Waals surface area contributed by atoms with Gasteiger partial charge in [0.2, 0.25) is 10.0 Å². The zero-order chi connectivity index (χ0) is 17.3. The topological polar surface area (TPSA) is 86.0 Å². The van der Waals surface area contributed by atoms with E-state index in [9.17, 15) is 13.2 Å². The lowest BCUT2D eigenvalue weighted by Gasteiger charge is -2.04. The Hall–Kier alpha value is -1.46. The van der Waals surface area contributed by atoms with Crippen molar-refractivity contribution in [2.75, 3.05) is 6.54 Å². The van der Waals surface area contributed by atoms with Crippen LogP contribution in [-0.4, -0.2) is 29.3 Å². The van der Waals surface area contributed by atoms with Gasteiger partial charge in [-0.1, -0.05) is 17.7 Å². The minimum Gasteiger partial charge on any atom is -0.277 e. The van der Waals surface area contributed by atoms with E-state index < -0.39 is 10.0 Å². The molecule has 11 heteroatoms. The minimum absolute atomic E-state index is 0.0542. The molecule has 0 radical (unpaired) electrons. The summed E-state index contributed by atoms with van der Waals surface area (Å²) in [7, 11) is -2.00. The molecular weight excluding hydrogens is 392 g/mol. The summed E-state index contributed by atoms with van der Waals surface area (Å²) in [4.78, 5) is 13.1. The first kappa shape index (κ1) is 17.4. The molecule has 0 fully saturated rings. The molecule has 0 aliphatic carbocycles. The third-order valence-corrected chi connectivity index (χ3v) is 7.26. The highest BCUT2D eigenvalue weighted by Gasteiger charge is 2.17. The molecule has 0 atom stereocenters. The first-order valence-electron chi connectivity index (χ1n) is 6.81. The molecule has 24 heavy (non-hydrogen) atoms. The highest BCUT2D eigenvalue weighted by molar-refractivity contribution is 7.91. The first-order valence-corrected chi connectivity index (χ1v) is 10.4. The summed E-state index contributed by atoms with van der Waals surface area (Å²) in [5.41, 5.74) is -0.295. The van der Waals surface area contributed by atoms with Gasteiger partial charge >= 0.3 is 5.69 Å². The molecule has 128 valence electrons. The molecule has 0 saturated heterocycles. The molecule has 3 heterocycles. The molecule has 0 unspecified atom stereocenters. The van der Waals surface area contributed by atoms with Gasteiger partial charge in [-0.25, -0.2) is 22.6 Å². The second-order valence-corrected chi connectivity index (χ2v) is 9.48. The SMILES string of the molecule is Cn1c(-c2cccs2)nn(CCNS(=O)(=O)c2ccc(Cl)s2)c1=O. The van der Waals surface area contributed by atoms with E-state index >= 15 is 0 Å². The molecule has 0 amide bonds. The van der Waals surface area contributed by atoms with Gasteiger partial charge in [0, 0.05) is 13.6 Å². The molecule has 0 saturated carbocycles. The van der Waals surface area contributed by atoms with Crippen molar-refractivity contribution in [2.45, 2.75) is 10.8 Å². The van der Waals surface area contributed by atoms with Crippen LogP contribution in [0.5, 0.6) is 0 Å². The summed E-state index contributed by atoms with van der Waals surface area (Å²) in [6.45, 7) is 0.190. The van der Waals surface area contributed by atoms with Gasteiger partial charge < -0.3 is 0 Å². The summed E-state index contributed by atoms with van der Waals surface area (Å²) in [5.74, 6) is 0.558. The van der Waals surface area contributed by atoms with Crippen molar-refractivity contribution in [1.82, 2.24) is 19.1 Å². The molecule has 3 aromatic rings. The van der Waals surface area contributed by atoms with Crippen molar-refractivity contribution in [1.29, 1.82) is 0 Å². The Morgan fingerprint density at radius 3 is 2.75 bits per heavy atom. The Morgan fingerprint density at radius 2 is 2.12 bits per heavy atom. The summed E-state index contributed by atoms with van der Waals surface area (Å²) in [6.07, 6.45) is 0. The maximum absolute atomic E-state index is 12.2. The average molecular weight is 405 g/mol. The van der Waals surface area contributed by atoms with E-state index in [2.05, 4.69) is 9.82 Å². The van der Waals surface area contributed by atoms with Crippen LogP contribution < -0.4 is 10.4 Å². The van der Waals surface area contributed by atoms with Crippen molar-refractivity contribution in [3.05, 3.63) is 44.5 Å². The molecule has 3 aromatic heterocycles. The number of hydrogen-bond acceptors (Lipinski definition) is 6. The van der Waals surface area contributed by atoms with Crippen LogP contribution in [0.15, 0.2) is 38.6 Å². The van der Waals surface area contributed by atoms with E-state index in [4.69, 9.17) is 11.6 Å². The first-order chi connectivity index (χ1) is 11.4. The second kappa shape index (κ2) is 6.81. The lowest BCUT2D eigenvalue weighted by Crippen LogP contribution is -2.31. The second-order valence-electron chi connectivity index (χ2n) is 4.82. The fourth-order valence-corrected chi connectivity index (χ4v) is 5.35. The number of rotatable bonds is 6. The summed E-state index contributed by atoms with van der Waals surface area (Å²) in [5, 5.41) is 6.17. The quantitative estimate of drug-likeness (QED) is 0.680. The smallest absolute Gasteiger partial charge is 0.277 e. The van der Waals surface area contributed by atoms with E-state index in [-0.39, 0.29) is 23.0 Å². The number of nitrogens with one attached hydrogen (secondary N) is 1. The normalized spacial score (nSPS) is 11.9. The third-order valence-electron chi connectivity index (χ3n) is 3.21. The van der Waals surface area contributed by atoms with Crippen LogP contribution in [0.4, 0.5) is 0 Å². The molecule has 7 nitrogen and oxygen atoms in total. The fourth-order valence-electron chi connectivity index (χ4n) is 2.05. The molecule has 0 aromatic carbocycles. The Kier molecular flexibility index (Phi) is 4.92. The van der Waals surface area contributed by atoms with Crippen molar-refractivity contribution in [3.8, 4) is 10.7 Å². The standard InChI is InChI=1S/C13H13ClN4O3S3/c1-17-12(9-3-2-8-22-9)16-18(13(17)19)7-6-15-24(20,21)11-5-4-10(14)23-11/h2-5,8,15H,6-7H2,1H3. The molecule has 0 aliphatic rings. The third kappa shape index (κ3) is 3.47. The van der Waals surface area contributed by atoms with Gasteiger partial charge in [-0.3, -0.25) is 4.57 Å². The van der Waals surface area contributed by atoms with Gasteiger partial charge in [-0.05, 0) is 23.6 Å². The maximum atomic E-state index is 12.2.